The molecule has 3 rings (SSSR count). The van der Waals surface area contributed by atoms with Crippen molar-refractivity contribution in [3.63, 3.8) is 0 Å². The zero-order valence-electron chi connectivity index (χ0n) is 12.0. The molecule has 1 atom stereocenters. The van der Waals surface area contributed by atoms with Crippen LogP contribution in [0.5, 0.6) is 11.5 Å². The molecule has 0 spiro atoms. The van der Waals surface area contributed by atoms with Gasteiger partial charge in [0.15, 0.2) is 0 Å². The molecule has 120 valence electrons. The molecular formula is C15H24Cl2N2O2. The molecule has 3 N–H and O–H groups in total. The van der Waals surface area contributed by atoms with Gasteiger partial charge < -0.3 is 15.5 Å². The van der Waals surface area contributed by atoms with Crippen molar-refractivity contribution in [3.05, 3.63) is 23.8 Å². The van der Waals surface area contributed by atoms with Gasteiger partial charge in [-0.25, -0.2) is 0 Å². The Kier molecular flexibility index (Phi) is 7.07. The van der Waals surface area contributed by atoms with Crippen LogP contribution in [-0.2, 0) is 0 Å². The first-order valence-corrected chi connectivity index (χ1v) is 7.22. The van der Waals surface area contributed by atoms with Gasteiger partial charge in [0, 0.05) is 43.9 Å². The van der Waals surface area contributed by atoms with Gasteiger partial charge in [-0.3, -0.25) is 4.90 Å². The molecule has 21 heavy (non-hydrogen) atoms. The number of piperazine rings is 1. The molecule has 1 aromatic rings. The average Bonchev–Trinajstić information content (AvgIpc) is 2.35. The van der Waals surface area contributed by atoms with Crippen molar-refractivity contribution >= 4 is 24.8 Å². The summed E-state index contributed by atoms with van der Waals surface area (Å²) in [5.41, 5.74) is 0.976. The first kappa shape index (κ1) is 18.4. The smallest absolute Gasteiger partial charge is 0.124 e. The standard InChI is InChI=1S/C15H22N2O2.2ClH/c18-12-4-5-13(14(19)10-12)15(11-2-1-3-11)17-8-6-16-7-9-17;;/h4-5,10-11,15-16,18-19H,1-3,6-9H2;2*1H/t15-;;/m1../s1. The molecule has 6 heteroatoms. The van der Waals surface area contributed by atoms with Crippen molar-refractivity contribution in [2.75, 3.05) is 26.2 Å². The highest BCUT2D eigenvalue weighted by molar-refractivity contribution is 5.85. The summed E-state index contributed by atoms with van der Waals surface area (Å²) >= 11 is 0. The number of benzene rings is 1. The van der Waals surface area contributed by atoms with E-state index in [0.29, 0.717) is 12.0 Å². The number of nitrogens with one attached hydrogen (secondary N) is 1. The van der Waals surface area contributed by atoms with Crippen molar-refractivity contribution < 1.29 is 10.2 Å². The fraction of sp³-hybridized carbons (Fsp3) is 0.600. The molecule has 2 fully saturated rings. The minimum absolute atomic E-state index is 0. The van der Waals surface area contributed by atoms with Gasteiger partial charge in [-0.1, -0.05) is 12.5 Å². The number of aromatic hydroxyl groups is 2. The van der Waals surface area contributed by atoms with Crippen LogP contribution >= 0.6 is 24.8 Å². The van der Waals surface area contributed by atoms with Crippen LogP contribution in [0.1, 0.15) is 30.9 Å². The minimum atomic E-state index is 0. The molecule has 1 saturated heterocycles. The Balaban J connectivity index is 0.00000110. The van der Waals surface area contributed by atoms with Crippen LogP contribution in [0.4, 0.5) is 0 Å². The van der Waals surface area contributed by atoms with Gasteiger partial charge in [-0.2, -0.15) is 0 Å². The van der Waals surface area contributed by atoms with Crippen molar-refractivity contribution in [3.8, 4) is 11.5 Å². The zero-order valence-corrected chi connectivity index (χ0v) is 13.6. The highest BCUT2D eigenvalue weighted by Crippen LogP contribution is 2.44. The predicted molar refractivity (Wildman–Crippen MR) is 88.8 cm³/mol. The van der Waals surface area contributed by atoms with Gasteiger partial charge >= 0.3 is 0 Å². The molecule has 0 radical (unpaired) electrons. The maximum absolute atomic E-state index is 10.2. The van der Waals surface area contributed by atoms with Crippen LogP contribution in [0, 0.1) is 5.92 Å². The van der Waals surface area contributed by atoms with E-state index >= 15 is 0 Å². The molecule has 1 aromatic carbocycles. The summed E-state index contributed by atoms with van der Waals surface area (Å²) in [6.07, 6.45) is 3.79. The van der Waals surface area contributed by atoms with Gasteiger partial charge in [0.1, 0.15) is 11.5 Å². The largest absolute Gasteiger partial charge is 0.508 e. The van der Waals surface area contributed by atoms with Crippen molar-refractivity contribution in [1.29, 1.82) is 0 Å². The average molecular weight is 335 g/mol. The summed E-state index contributed by atoms with van der Waals surface area (Å²) < 4.78 is 0. The topological polar surface area (TPSA) is 55.7 Å². The lowest BCUT2D eigenvalue weighted by atomic mass is 9.76. The monoisotopic (exact) mass is 334 g/mol. The van der Waals surface area contributed by atoms with Crippen LogP contribution in [0.25, 0.3) is 0 Å². The second-order valence-electron chi connectivity index (χ2n) is 5.66. The van der Waals surface area contributed by atoms with Gasteiger partial charge in [0.25, 0.3) is 0 Å². The van der Waals surface area contributed by atoms with Crippen molar-refractivity contribution in [2.24, 2.45) is 5.92 Å². The predicted octanol–water partition coefficient (Wildman–Crippen LogP) is 2.69. The SMILES string of the molecule is Cl.Cl.Oc1ccc([C@@H](C2CCC2)N2CCNCC2)c(O)c1. The number of rotatable bonds is 3. The Bertz CT molecular complexity index is 449. The molecule has 0 aromatic heterocycles. The maximum atomic E-state index is 10.2. The molecule has 1 saturated carbocycles. The number of nitrogens with zero attached hydrogens (tertiary/aromatic N) is 1. The number of phenols is 2. The lowest BCUT2D eigenvalue weighted by Crippen LogP contribution is -2.47. The first-order chi connectivity index (χ1) is 9.25. The van der Waals surface area contributed by atoms with Gasteiger partial charge in [-0.15, -0.1) is 24.8 Å². The summed E-state index contributed by atoms with van der Waals surface area (Å²) in [6.45, 7) is 4.09. The van der Waals surface area contributed by atoms with Crippen molar-refractivity contribution in [2.45, 2.75) is 25.3 Å². The normalized spacial score (nSPS) is 20.8. The van der Waals surface area contributed by atoms with Crippen LogP contribution in [0.3, 0.4) is 0 Å². The van der Waals surface area contributed by atoms with Gasteiger partial charge in [-0.05, 0) is 24.8 Å². The van der Waals surface area contributed by atoms with E-state index in [2.05, 4.69) is 10.2 Å². The Morgan fingerprint density at radius 2 is 1.76 bits per heavy atom. The summed E-state index contributed by atoms with van der Waals surface area (Å²) in [6, 6.07) is 5.33. The van der Waals surface area contributed by atoms with Crippen LogP contribution < -0.4 is 5.32 Å². The summed E-state index contributed by atoms with van der Waals surface area (Å²) in [5, 5.41) is 23.0. The second kappa shape index (κ2) is 8.08. The third-order valence-corrected chi connectivity index (χ3v) is 4.47. The van der Waals surface area contributed by atoms with Crippen molar-refractivity contribution in [1.82, 2.24) is 10.2 Å². The zero-order chi connectivity index (χ0) is 13.2. The van der Waals surface area contributed by atoms with E-state index in [1.807, 2.05) is 6.07 Å². The molecule has 1 aliphatic heterocycles. The lowest BCUT2D eigenvalue weighted by molar-refractivity contribution is 0.0819. The molecule has 0 amide bonds. The first-order valence-electron chi connectivity index (χ1n) is 7.22. The van der Waals surface area contributed by atoms with E-state index in [-0.39, 0.29) is 36.3 Å². The molecule has 0 bridgehead atoms. The molecule has 4 nitrogen and oxygen atoms in total. The number of hydrogen-bond donors (Lipinski definition) is 3. The third kappa shape index (κ3) is 3.95. The Hall–Kier alpha value is -0.680. The Labute approximate surface area is 138 Å². The molecule has 1 heterocycles. The molecule has 2 aliphatic rings. The highest BCUT2D eigenvalue weighted by atomic mass is 35.5. The fourth-order valence-corrected chi connectivity index (χ4v) is 3.25. The number of hydrogen-bond acceptors (Lipinski definition) is 4. The van der Waals surface area contributed by atoms with Gasteiger partial charge in [0.05, 0.1) is 0 Å². The quantitative estimate of drug-likeness (QED) is 0.795. The fourth-order valence-electron chi connectivity index (χ4n) is 3.25. The summed E-state index contributed by atoms with van der Waals surface area (Å²) in [4.78, 5) is 2.48. The molecule has 0 unspecified atom stereocenters. The highest BCUT2D eigenvalue weighted by Gasteiger charge is 2.34. The Morgan fingerprint density at radius 3 is 2.29 bits per heavy atom. The van der Waals surface area contributed by atoms with Crippen LogP contribution in [0.2, 0.25) is 0 Å². The number of phenolic OH excluding ortho intramolecular Hbond substituents is 2. The van der Waals surface area contributed by atoms with E-state index in [1.54, 1.807) is 6.07 Å². The third-order valence-electron chi connectivity index (χ3n) is 4.47. The minimum Gasteiger partial charge on any atom is -0.508 e. The van der Waals surface area contributed by atoms with E-state index in [9.17, 15) is 10.2 Å². The Morgan fingerprint density at radius 1 is 1.10 bits per heavy atom. The van der Waals surface area contributed by atoms with E-state index < -0.39 is 0 Å². The summed E-state index contributed by atoms with van der Waals surface area (Å²) in [5.74, 6) is 1.01. The molecule has 1 aliphatic carbocycles. The van der Waals surface area contributed by atoms with Crippen LogP contribution in [-0.4, -0.2) is 41.3 Å². The van der Waals surface area contributed by atoms with Crippen LogP contribution in [0.15, 0.2) is 18.2 Å². The lowest BCUT2D eigenvalue weighted by Gasteiger charge is -2.43. The molecular weight excluding hydrogens is 311 g/mol. The van der Waals surface area contributed by atoms with E-state index in [0.717, 1.165) is 31.7 Å². The summed E-state index contributed by atoms with van der Waals surface area (Å²) in [7, 11) is 0. The van der Waals surface area contributed by atoms with E-state index in [4.69, 9.17) is 0 Å². The van der Waals surface area contributed by atoms with E-state index in [1.165, 1.54) is 25.3 Å². The van der Waals surface area contributed by atoms with Gasteiger partial charge in [0.2, 0.25) is 0 Å². The maximum Gasteiger partial charge on any atom is 0.124 e. The second-order valence-corrected chi connectivity index (χ2v) is 5.66. The number of halogens is 2.